The summed E-state index contributed by atoms with van der Waals surface area (Å²) in [6, 6.07) is 1.85. The summed E-state index contributed by atoms with van der Waals surface area (Å²) < 4.78 is 6.79. The molecule has 4 heterocycles. The maximum atomic E-state index is 13.1. The molecule has 1 N–H and O–H groups in total. The lowest BCUT2D eigenvalue weighted by molar-refractivity contribution is 0.0730. The summed E-state index contributed by atoms with van der Waals surface area (Å²) in [7, 11) is 0. The molecule has 0 bridgehead atoms. The van der Waals surface area contributed by atoms with Crippen LogP contribution in [-0.2, 0) is 0 Å². The zero-order chi connectivity index (χ0) is 17.4. The summed E-state index contributed by atoms with van der Waals surface area (Å²) in [6.07, 6.45) is 4.68. The molecule has 3 aromatic heterocycles. The van der Waals surface area contributed by atoms with E-state index in [1.54, 1.807) is 4.90 Å². The monoisotopic (exact) mass is 342 g/mol. The molecule has 1 aliphatic rings. The maximum absolute atomic E-state index is 13.1. The second-order valence-electron chi connectivity index (χ2n) is 6.35. The summed E-state index contributed by atoms with van der Waals surface area (Å²) in [5.41, 5.74) is 1.22. The van der Waals surface area contributed by atoms with E-state index in [2.05, 4.69) is 30.9 Å². The first-order valence-electron chi connectivity index (χ1n) is 8.19. The second-order valence-corrected chi connectivity index (χ2v) is 6.35. The number of nitrogens with zero attached hydrogens (tertiary/aromatic N) is 7. The molecule has 0 aromatic carbocycles. The van der Waals surface area contributed by atoms with Gasteiger partial charge in [0.25, 0.3) is 5.91 Å². The van der Waals surface area contributed by atoms with Gasteiger partial charge in [-0.25, -0.2) is 0 Å². The van der Waals surface area contributed by atoms with Gasteiger partial charge in [-0.15, -0.1) is 5.10 Å². The number of aromatic nitrogens is 7. The summed E-state index contributed by atoms with van der Waals surface area (Å²) in [4.78, 5) is 14.9. The van der Waals surface area contributed by atoms with Gasteiger partial charge in [-0.05, 0) is 23.3 Å². The summed E-state index contributed by atoms with van der Waals surface area (Å²) >= 11 is 0. The van der Waals surface area contributed by atoms with Gasteiger partial charge in [-0.2, -0.15) is 9.78 Å². The van der Waals surface area contributed by atoms with Crippen molar-refractivity contribution in [1.29, 1.82) is 0 Å². The van der Waals surface area contributed by atoms with Crippen molar-refractivity contribution in [2.75, 3.05) is 6.54 Å². The molecule has 0 unspecified atom stereocenters. The lowest BCUT2D eigenvalue weighted by Gasteiger charge is -2.22. The van der Waals surface area contributed by atoms with Crippen LogP contribution in [0.1, 0.15) is 60.5 Å². The highest BCUT2D eigenvalue weighted by atomic mass is 16.5. The zero-order valence-corrected chi connectivity index (χ0v) is 14.0. The molecule has 1 atom stereocenters. The van der Waals surface area contributed by atoms with Gasteiger partial charge < -0.3 is 9.42 Å². The van der Waals surface area contributed by atoms with Gasteiger partial charge in [0.1, 0.15) is 23.3 Å². The number of aromatic amines is 1. The molecule has 0 spiro atoms. The number of hydrogen-bond donors (Lipinski definition) is 1. The van der Waals surface area contributed by atoms with Crippen LogP contribution >= 0.6 is 0 Å². The number of carbonyl (C=O) groups is 1. The van der Waals surface area contributed by atoms with E-state index in [1.165, 1.54) is 17.2 Å². The second kappa shape index (κ2) is 6.11. The standard InChI is InChI=1S/C15H18N8O2/c1-9(2)13-6-11(19-25-13)12-4-3-5-22(12)15(24)10-7-16-18-14(10)23-8-17-20-21-23/h6-9,12H,3-5H2,1-2H3,(H,16,18)/t12-/m0/s1. The average Bonchev–Trinajstić information content (AvgIpc) is 3.41. The van der Waals surface area contributed by atoms with Gasteiger partial charge in [0.05, 0.1) is 12.2 Å². The Bertz CT molecular complexity index is 866. The lowest BCUT2D eigenvalue weighted by atomic mass is 10.1. The Morgan fingerprint density at radius 1 is 1.44 bits per heavy atom. The smallest absolute Gasteiger partial charge is 0.259 e. The van der Waals surface area contributed by atoms with Gasteiger partial charge in [0.15, 0.2) is 5.82 Å². The molecule has 0 saturated carbocycles. The highest BCUT2D eigenvalue weighted by molar-refractivity contribution is 5.97. The van der Waals surface area contributed by atoms with Crippen molar-refractivity contribution in [2.24, 2.45) is 0 Å². The van der Waals surface area contributed by atoms with E-state index in [1.807, 2.05) is 19.9 Å². The Labute approximate surface area is 143 Å². The van der Waals surface area contributed by atoms with E-state index in [0.29, 0.717) is 17.9 Å². The van der Waals surface area contributed by atoms with Crippen LogP contribution in [-0.4, -0.2) is 52.9 Å². The molecule has 1 amide bonds. The Morgan fingerprint density at radius 3 is 3.04 bits per heavy atom. The van der Waals surface area contributed by atoms with Crippen molar-refractivity contribution in [3.8, 4) is 5.82 Å². The van der Waals surface area contributed by atoms with E-state index in [9.17, 15) is 4.79 Å². The van der Waals surface area contributed by atoms with Gasteiger partial charge >= 0.3 is 0 Å². The molecule has 0 radical (unpaired) electrons. The quantitative estimate of drug-likeness (QED) is 0.762. The van der Waals surface area contributed by atoms with Crippen LogP contribution in [0.15, 0.2) is 23.1 Å². The van der Waals surface area contributed by atoms with Crippen molar-refractivity contribution in [1.82, 2.24) is 40.5 Å². The van der Waals surface area contributed by atoms with E-state index >= 15 is 0 Å². The molecule has 1 fully saturated rings. The summed E-state index contributed by atoms with van der Waals surface area (Å²) in [5.74, 6) is 1.40. The molecule has 25 heavy (non-hydrogen) atoms. The number of hydrogen-bond acceptors (Lipinski definition) is 7. The van der Waals surface area contributed by atoms with Crippen LogP contribution in [0.3, 0.4) is 0 Å². The molecule has 10 nitrogen and oxygen atoms in total. The van der Waals surface area contributed by atoms with E-state index in [-0.39, 0.29) is 17.9 Å². The normalized spacial score (nSPS) is 17.6. The largest absolute Gasteiger partial charge is 0.361 e. The molecular formula is C15H18N8O2. The van der Waals surface area contributed by atoms with Gasteiger partial charge in [-0.3, -0.25) is 9.89 Å². The molecule has 1 aliphatic heterocycles. The molecule has 10 heteroatoms. The number of nitrogens with one attached hydrogen (secondary N) is 1. The van der Waals surface area contributed by atoms with Crippen molar-refractivity contribution < 1.29 is 9.32 Å². The van der Waals surface area contributed by atoms with Crippen molar-refractivity contribution in [2.45, 2.75) is 38.6 Å². The fraction of sp³-hybridized carbons (Fsp3) is 0.467. The third kappa shape index (κ3) is 2.69. The minimum atomic E-state index is -0.129. The summed E-state index contributed by atoms with van der Waals surface area (Å²) in [6.45, 7) is 4.76. The Morgan fingerprint density at radius 2 is 2.32 bits per heavy atom. The van der Waals surface area contributed by atoms with Crippen molar-refractivity contribution >= 4 is 5.91 Å². The third-order valence-corrected chi connectivity index (χ3v) is 4.40. The number of tetrazole rings is 1. The fourth-order valence-electron chi connectivity index (χ4n) is 3.08. The van der Waals surface area contributed by atoms with Gasteiger partial charge in [-0.1, -0.05) is 19.0 Å². The average molecular weight is 342 g/mol. The van der Waals surface area contributed by atoms with Gasteiger partial charge in [0.2, 0.25) is 0 Å². The van der Waals surface area contributed by atoms with Gasteiger partial charge in [0, 0.05) is 18.5 Å². The van der Waals surface area contributed by atoms with E-state index in [4.69, 9.17) is 4.52 Å². The molecule has 130 valence electrons. The fourth-order valence-corrected chi connectivity index (χ4v) is 3.08. The van der Waals surface area contributed by atoms with Crippen LogP contribution < -0.4 is 0 Å². The molecule has 1 saturated heterocycles. The first-order chi connectivity index (χ1) is 12.1. The lowest BCUT2D eigenvalue weighted by Crippen LogP contribution is -2.31. The number of H-pyrrole nitrogens is 1. The van der Waals surface area contributed by atoms with Crippen LogP contribution in [0, 0.1) is 0 Å². The number of likely N-dealkylation sites (tertiary alicyclic amines) is 1. The third-order valence-electron chi connectivity index (χ3n) is 4.40. The highest BCUT2D eigenvalue weighted by Gasteiger charge is 2.34. The number of amides is 1. The van der Waals surface area contributed by atoms with E-state index < -0.39 is 0 Å². The molecule has 0 aliphatic carbocycles. The van der Waals surface area contributed by atoms with Crippen LogP contribution in [0.5, 0.6) is 0 Å². The predicted molar refractivity (Wildman–Crippen MR) is 84.9 cm³/mol. The molecular weight excluding hydrogens is 324 g/mol. The zero-order valence-electron chi connectivity index (χ0n) is 14.0. The van der Waals surface area contributed by atoms with E-state index in [0.717, 1.165) is 24.3 Å². The molecule has 4 rings (SSSR count). The van der Waals surface area contributed by atoms with Crippen LogP contribution in [0.25, 0.3) is 5.82 Å². The highest BCUT2D eigenvalue weighted by Crippen LogP contribution is 2.34. The Balaban J connectivity index is 1.62. The van der Waals surface area contributed by atoms with Crippen molar-refractivity contribution in [3.05, 3.63) is 35.6 Å². The minimum Gasteiger partial charge on any atom is -0.361 e. The topological polar surface area (TPSA) is 119 Å². The minimum absolute atomic E-state index is 0.0969. The molecule has 3 aromatic rings. The Kier molecular flexibility index (Phi) is 3.79. The first kappa shape index (κ1) is 15.5. The first-order valence-corrected chi connectivity index (χ1v) is 8.19. The maximum Gasteiger partial charge on any atom is 0.259 e. The predicted octanol–water partition coefficient (Wildman–Crippen LogP) is 1.47. The van der Waals surface area contributed by atoms with Crippen LogP contribution in [0.4, 0.5) is 0 Å². The SMILES string of the molecule is CC(C)c1cc([C@@H]2CCCN2C(=O)c2cn[nH]c2-n2cnnn2)no1. The van der Waals surface area contributed by atoms with Crippen molar-refractivity contribution in [3.63, 3.8) is 0 Å². The number of carbonyl (C=O) groups excluding carboxylic acids is 1. The summed E-state index contributed by atoms with van der Waals surface area (Å²) in [5, 5.41) is 21.9. The van der Waals surface area contributed by atoms with Crippen LogP contribution in [0.2, 0.25) is 0 Å². The number of rotatable bonds is 4. The Hall–Kier alpha value is -3.04.